The van der Waals surface area contributed by atoms with Crippen LogP contribution in [0.25, 0.3) is 0 Å². The lowest BCUT2D eigenvalue weighted by atomic mass is 10.1. The van der Waals surface area contributed by atoms with Crippen molar-refractivity contribution in [3.8, 4) is 0 Å². The Morgan fingerprint density at radius 1 is 1.24 bits per heavy atom. The van der Waals surface area contributed by atoms with E-state index >= 15 is 0 Å². The van der Waals surface area contributed by atoms with Crippen LogP contribution in [0.3, 0.4) is 0 Å². The van der Waals surface area contributed by atoms with Crippen molar-refractivity contribution in [2.45, 2.75) is 38.8 Å². The Balaban J connectivity index is 2.75. The molecular formula is C14H18N2O5. The quantitative estimate of drug-likeness (QED) is 0.664. The third-order valence-corrected chi connectivity index (χ3v) is 2.39. The molecule has 1 rings (SSSR count). The highest BCUT2D eigenvalue weighted by molar-refractivity contribution is 5.81. The van der Waals surface area contributed by atoms with Crippen molar-refractivity contribution in [2.24, 2.45) is 5.34 Å². The van der Waals surface area contributed by atoms with E-state index in [0.29, 0.717) is 0 Å². The van der Waals surface area contributed by atoms with E-state index in [1.165, 1.54) is 0 Å². The molecule has 0 heterocycles. The molecular weight excluding hydrogens is 276 g/mol. The summed E-state index contributed by atoms with van der Waals surface area (Å²) in [7, 11) is 0. The fraction of sp³-hybridized carbons (Fsp3) is 0.429. The number of nitrogens with zero attached hydrogens (tertiary/aromatic N) is 1. The first-order valence-electron chi connectivity index (χ1n) is 6.39. The number of hydrogen-bond acceptors (Lipinski definition) is 6. The maximum Gasteiger partial charge on any atom is 0.408 e. The molecule has 1 amide bonds. The minimum atomic E-state index is -1.06. The lowest BCUT2D eigenvalue weighted by Crippen LogP contribution is -2.45. The normalized spacial score (nSPS) is 12.1. The zero-order valence-corrected chi connectivity index (χ0v) is 12.2. The minimum absolute atomic E-state index is 0.161. The lowest BCUT2D eigenvalue weighted by Gasteiger charge is -2.22. The number of amides is 1. The Kier molecular flexibility index (Phi) is 5.83. The summed E-state index contributed by atoms with van der Waals surface area (Å²) < 4.78 is 5.07. The molecule has 0 saturated carbocycles. The number of hydrogen-bond donors (Lipinski definition) is 1. The van der Waals surface area contributed by atoms with E-state index < -0.39 is 23.7 Å². The summed E-state index contributed by atoms with van der Waals surface area (Å²) in [6, 6.07) is 7.92. The number of nitrogens with one attached hydrogen (secondary N) is 1. The maximum atomic E-state index is 11.7. The number of rotatable bonds is 5. The van der Waals surface area contributed by atoms with E-state index in [0.717, 1.165) is 5.56 Å². The van der Waals surface area contributed by atoms with Gasteiger partial charge in [-0.1, -0.05) is 30.3 Å². The highest BCUT2D eigenvalue weighted by atomic mass is 16.7. The summed E-state index contributed by atoms with van der Waals surface area (Å²) in [5, 5.41) is 4.46. The smallest absolute Gasteiger partial charge is 0.408 e. The van der Waals surface area contributed by atoms with Crippen molar-refractivity contribution >= 4 is 12.1 Å². The third-order valence-electron chi connectivity index (χ3n) is 2.39. The fourth-order valence-corrected chi connectivity index (χ4v) is 1.59. The van der Waals surface area contributed by atoms with Gasteiger partial charge in [0.1, 0.15) is 11.6 Å². The second kappa shape index (κ2) is 7.37. The Labute approximate surface area is 122 Å². The SMILES string of the molecule is CC(C)(C)OC(=O)N[C@@H](Cc1ccccc1)C(=O)ON=O. The summed E-state index contributed by atoms with van der Waals surface area (Å²) in [6.07, 6.45) is -0.611. The van der Waals surface area contributed by atoms with Gasteiger partial charge in [-0.25, -0.2) is 9.59 Å². The molecule has 21 heavy (non-hydrogen) atoms. The molecule has 1 atom stereocenters. The second-order valence-electron chi connectivity index (χ2n) is 5.37. The molecule has 0 aliphatic heterocycles. The number of carbonyl (C=O) groups is 2. The predicted molar refractivity (Wildman–Crippen MR) is 75.2 cm³/mol. The summed E-state index contributed by atoms with van der Waals surface area (Å²) >= 11 is 0. The van der Waals surface area contributed by atoms with Gasteiger partial charge >= 0.3 is 12.1 Å². The Morgan fingerprint density at radius 3 is 2.38 bits per heavy atom. The molecule has 0 unspecified atom stereocenters. The third kappa shape index (κ3) is 6.51. The summed E-state index contributed by atoms with van der Waals surface area (Å²) in [6.45, 7) is 5.10. The van der Waals surface area contributed by atoms with Gasteiger partial charge in [0, 0.05) is 6.42 Å². The summed E-state index contributed by atoms with van der Waals surface area (Å²) in [5.74, 6) is -0.945. The van der Waals surface area contributed by atoms with Gasteiger partial charge in [0.25, 0.3) is 0 Å². The van der Waals surface area contributed by atoms with Gasteiger partial charge in [-0.3, -0.25) is 4.84 Å². The van der Waals surface area contributed by atoms with Crippen LogP contribution in [0.2, 0.25) is 0 Å². The van der Waals surface area contributed by atoms with Crippen molar-refractivity contribution in [2.75, 3.05) is 0 Å². The van der Waals surface area contributed by atoms with Crippen LogP contribution in [0.5, 0.6) is 0 Å². The molecule has 7 nitrogen and oxygen atoms in total. The summed E-state index contributed by atoms with van der Waals surface area (Å²) in [4.78, 5) is 37.5. The van der Waals surface area contributed by atoms with E-state index in [-0.39, 0.29) is 6.42 Å². The highest BCUT2D eigenvalue weighted by Crippen LogP contribution is 2.09. The van der Waals surface area contributed by atoms with Gasteiger partial charge in [-0.2, -0.15) is 0 Å². The molecule has 1 aromatic rings. The van der Waals surface area contributed by atoms with Crippen LogP contribution in [0.1, 0.15) is 26.3 Å². The van der Waals surface area contributed by atoms with Crippen molar-refractivity contribution in [1.29, 1.82) is 0 Å². The van der Waals surface area contributed by atoms with Crippen LogP contribution in [-0.2, 0) is 20.8 Å². The number of ether oxygens (including phenoxy) is 1. The van der Waals surface area contributed by atoms with E-state index in [9.17, 15) is 14.5 Å². The van der Waals surface area contributed by atoms with E-state index in [1.54, 1.807) is 45.0 Å². The number of alkyl carbamates (subject to hydrolysis) is 1. The Morgan fingerprint density at radius 2 is 1.86 bits per heavy atom. The zero-order valence-electron chi connectivity index (χ0n) is 12.2. The predicted octanol–water partition coefficient (Wildman–Crippen LogP) is 2.35. The number of benzene rings is 1. The zero-order chi connectivity index (χ0) is 15.9. The first-order valence-corrected chi connectivity index (χ1v) is 6.39. The lowest BCUT2D eigenvalue weighted by molar-refractivity contribution is -0.146. The second-order valence-corrected chi connectivity index (χ2v) is 5.37. The van der Waals surface area contributed by atoms with Crippen LogP contribution < -0.4 is 5.32 Å². The van der Waals surface area contributed by atoms with Gasteiger partial charge in [-0.05, 0) is 26.3 Å². The van der Waals surface area contributed by atoms with Gasteiger partial charge in [0.15, 0.2) is 5.34 Å². The molecule has 0 aliphatic carbocycles. The molecule has 0 aromatic heterocycles. The van der Waals surface area contributed by atoms with Gasteiger partial charge in [0.2, 0.25) is 0 Å². The average Bonchev–Trinajstić information content (AvgIpc) is 2.37. The van der Waals surface area contributed by atoms with Crippen LogP contribution in [0.15, 0.2) is 35.7 Å². The van der Waals surface area contributed by atoms with Crippen LogP contribution in [0.4, 0.5) is 4.79 Å². The van der Waals surface area contributed by atoms with Crippen molar-refractivity contribution in [1.82, 2.24) is 5.32 Å². The van der Waals surface area contributed by atoms with Crippen molar-refractivity contribution in [3.05, 3.63) is 40.8 Å². The minimum Gasteiger partial charge on any atom is -0.444 e. The van der Waals surface area contributed by atoms with Gasteiger partial charge in [0.05, 0.1) is 0 Å². The first kappa shape index (κ1) is 16.6. The van der Waals surface area contributed by atoms with E-state index in [1.807, 2.05) is 6.07 Å². The molecule has 0 aliphatic rings. The largest absolute Gasteiger partial charge is 0.444 e. The molecule has 114 valence electrons. The Bertz CT molecular complexity index is 496. The van der Waals surface area contributed by atoms with Crippen LogP contribution in [0, 0.1) is 4.91 Å². The molecule has 0 bridgehead atoms. The monoisotopic (exact) mass is 294 g/mol. The summed E-state index contributed by atoms with van der Waals surface area (Å²) in [5.41, 5.74) is 0.0928. The first-order chi connectivity index (χ1) is 9.81. The van der Waals surface area contributed by atoms with Gasteiger partial charge < -0.3 is 10.1 Å². The van der Waals surface area contributed by atoms with E-state index in [2.05, 4.69) is 15.5 Å². The fourth-order valence-electron chi connectivity index (χ4n) is 1.59. The van der Waals surface area contributed by atoms with Crippen LogP contribution in [-0.4, -0.2) is 23.7 Å². The number of carbonyl (C=O) groups excluding carboxylic acids is 2. The van der Waals surface area contributed by atoms with Crippen molar-refractivity contribution in [3.63, 3.8) is 0 Å². The average molecular weight is 294 g/mol. The van der Waals surface area contributed by atoms with Gasteiger partial charge in [-0.15, -0.1) is 4.91 Å². The molecule has 0 spiro atoms. The molecule has 1 N–H and O–H groups in total. The highest BCUT2D eigenvalue weighted by Gasteiger charge is 2.26. The molecule has 0 radical (unpaired) electrons. The van der Waals surface area contributed by atoms with E-state index in [4.69, 9.17) is 4.74 Å². The van der Waals surface area contributed by atoms with Crippen LogP contribution >= 0.6 is 0 Å². The molecule has 7 heteroatoms. The molecule has 0 saturated heterocycles. The molecule has 0 fully saturated rings. The standard InChI is InChI=1S/C14H18N2O5/c1-14(2,3)20-13(18)15-11(12(17)21-16-19)9-10-7-5-4-6-8-10/h4-8,11H,9H2,1-3H3,(H,15,18)/t11-/m0/s1. The van der Waals surface area contributed by atoms with Crippen molar-refractivity contribution < 1.29 is 19.2 Å². The maximum absolute atomic E-state index is 11.7. The topological polar surface area (TPSA) is 94.1 Å². The molecule has 1 aromatic carbocycles. The Hall–Kier alpha value is -2.44.